The molecule has 0 heterocycles. The molecule has 1 amide bonds. The van der Waals surface area contributed by atoms with Crippen LogP contribution in [0.5, 0.6) is 0 Å². The maximum Gasteiger partial charge on any atom is 0.254 e. The zero-order valence-electron chi connectivity index (χ0n) is 11.1. The van der Waals surface area contributed by atoms with Gasteiger partial charge in [-0.2, -0.15) is 5.26 Å². The summed E-state index contributed by atoms with van der Waals surface area (Å²) in [6.45, 7) is 6.22. The van der Waals surface area contributed by atoms with Crippen molar-refractivity contribution in [2.45, 2.75) is 33.2 Å². The van der Waals surface area contributed by atoms with Crippen LogP contribution >= 0.6 is 0 Å². The number of hydrogen-bond donors (Lipinski definition) is 1. The molecule has 0 fully saturated rings. The smallest absolute Gasteiger partial charge is 0.254 e. The Kier molecular flexibility index (Phi) is 4.73. The Hall–Kier alpha value is -2.02. The van der Waals surface area contributed by atoms with E-state index in [-0.39, 0.29) is 11.9 Å². The summed E-state index contributed by atoms with van der Waals surface area (Å²) in [6.07, 6.45) is 0.345. The van der Waals surface area contributed by atoms with Crippen LogP contribution in [0.3, 0.4) is 0 Å². The van der Waals surface area contributed by atoms with Crippen molar-refractivity contribution in [2.75, 3.05) is 12.3 Å². The van der Waals surface area contributed by atoms with Crippen LogP contribution in [0.25, 0.3) is 0 Å². The zero-order valence-corrected chi connectivity index (χ0v) is 11.1. The van der Waals surface area contributed by atoms with Crippen molar-refractivity contribution < 1.29 is 4.79 Å². The first-order valence-corrected chi connectivity index (χ1v) is 6.01. The van der Waals surface area contributed by atoms with Crippen molar-refractivity contribution in [2.24, 2.45) is 0 Å². The minimum atomic E-state index is -0.0525. The Labute approximate surface area is 108 Å². The molecule has 0 bridgehead atoms. The summed E-state index contributed by atoms with van der Waals surface area (Å²) < 4.78 is 0. The van der Waals surface area contributed by atoms with Gasteiger partial charge in [0.2, 0.25) is 0 Å². The number of nitriles is 1. The average molecular weight is 245 g/mol. The average Bonchev–Trinajstić information content (AvgIpc) is 2.32. The van der Waals surface area contributed by atoms with Gasteiger partial charge in [0, 0.05) is 23.8 Å². The molecule has 1 rings (SSSR count). The highest BCUT2D eigenvalue weighted by molar-refractivity contribution is 5.95. The molecule has 1 aromatic rings. The van der Waals surface area contributed by atoms with Crippen LogP contribution in [0.4, 0.5) is 5.69 Å². The Morgan fingerprint density at radius 1 is 1.50 bits per heavy atom. The zero-order chi connectivity index (χ0) is 13.7. The monoisotopic (exact) mass is 245 g/mol. The van der Waals surface area contributed by atoms with Crippen molar-refractivity contribution >= 4 is 11.6 Å². The molecule has 2 N–H and O–H groups in total. The number of amides is 1. The highest BCUT2D eigenvalue weighted by Crippen LogP contribution is 2.15. The summed E-state index contributed by atoms with van der Waals surface area (Å²) in [4.78, 5) is 14.0. The van der Waals surface area contributed by atoms with Crippen LogP contribution in [0, 0.1) is 18.3 Å². The van der Waals surface area contributed by atoms with E-state index in [4.69, 9.17) is 11.0 Å². The fraction of sp³-hybridized carbons (Fsp3) is 0.429. The summed E-state index contributed by atoms with van der Waals surface area (Å²) in [5.74, 6) is -0.0525. The van der Waals surface area contributed by atoms with Gasteiger partial charge in [0.1, 0.15) is 0 Å². The maximum atomic E-state index is 12.3. The number of carbonyl (C=O) groups excluding carboxylic acids is 1. The van der Waals surface area contributed by atoms with Crippen LogP contribution < -0.4 is 5.73 Å². The van der Waals surface area contributed by atoms with E-state index in [1.807, 2.05) is 20.8 Å². The third-order valence-electron chi connectivity index (χ3n) is 2.87. The van der Waals surface area contributed by atoms with E-state index >= 15 is 0 Å². The number of nitrogen functional groups attached to an aromatic ring is 1. The van der Waals surface area contributed by atoms with E-state index in [1.54, 1.807) is 23.1 Å². The highest BCUT2D eigenvalue weighted by atomic mass is 16.2. The first kappa shape index (κ1) is 14.0. The van der Waals surface area contributed by atoms with Crippen molar-refractivity contribution in [1.29, 1.82) is 5.26 Å². The van der Waals surface area contributed by atoms with Crippen molar-refractivity contribution in [3.05, 3.63) is 29.3 Å². The van der Waals surface area contributed by atoms with Gasteiger partial charge < -0.3 is 10.6 Å². The molecule has 0 aliphatic carbocycles. The molecular weight excluding hydrogens is 226 g/mol. The number of anilines is 1. The van der Waals surface area contributed by atoms with Gasteiger partial charge in [-0.1, -0.05) is 0 Å². The van der Waals surface area contributed by atoms with Crippen molar-refractivity contribution in [1.82, 2.24) is 4.90 Å². The third kappa shape index (κ3) is 3.24. The van der Waals surface area contributed by atoms with Gasteiger partial charge in [-0.15, -0.1) is 0 Å². The molecule has 0 saturated carbocycles. The number of nitrogens with two attached hydrogens (primary N) is 1. The molecule has 0 spiro atoms. The maximum absolute atomic E-state index is 12.3. The molecule has 18 heavy (non-hydrogen) atoms. The second-order valence-electron chi connectivity index (χ2n) is 4.57. The number of carbonyl (C=O) groups is 1. The minimum Gasteiger partial charge on any atom is -0.399 e. The summed E-state index contributed by atoms with van der Waals surface area (Å²) >= 11 is 0. The Morgan fingerprint density at radius 2 is 2.17 bits per heavy atom. The van der Waals surface area contributed by atoms with Gasteiger partial charge in [0.05, 0.1) is 12.5 Å². The van der Waals surface area contributed by atoms with Gasteiger partial charge in [-0.05, 0) is 44.5 Å². The first-order chi connectivity index (χ1) is 8.47. The Morgan fingerprint density at radius 3 is 2.67 bits per heavy atom. The van der Waals surface area contributed by atoms with Gasteiger partial charge >= 0.3 is 0 Å². The fourth-order valence-electron chi connectivity index (χ4n) is 1.74. The van der Waals surface area contributed by atoms with Gasteiger partial charge in [0.15, 0.2) is 0 Å². The number of benzene rings is 1. The lowest BCUT2D eigenvalue weighted by molar-refractivity contribution is 0.0710. The minimum absolute atomic E-state index is 0.0525. The second-order valence-corrected chi connectivity index (χ2v) is 4.57. The van der Waals surface area contributed by atoms with E-state index in [9.17, 15) is 4.79 Å². The quantitative estimate of drug-likeness (QED) is 0.828. The Balaban J connectivity index is 2.95. The SMILES string of the molecule is Cc1cc(C(=O)N(CCC#N)C(C)C)ccc1N. The summed E-state index contributed by atoms with van der Waals surface area (Å²) in [6, 6.07) is 7.40. The molecule has 4 nitrogen and oxygen atoms in total. The standard InChI is InChI=1S/C14H19N3O/c1-10(2)17(8-4-7-15)14(18)12-5-6-13(16)11(3)9-12/h5-6,9-10H,4,8,16H2,1-3H3. The van der Waals surface area contributed by atoms with Crippen LogP contribution in [-0.2, 0) is 0 Å². The lowest BCUT2D eigenvalue weighted by atomic mass is 10.1. The molecule has 0 atom stereocenters. The van der Waals surface area contributed by atoms with Crippen molar-refractivity contribution in [3.8, 4) is 6.07 Å². The predicted molar refractivity (Wildman–Crippen MR) is 72.0 cm³/mol. The normalized spacial score (nSPS) is 10.2. The van der Waals surface area contributed by atoms with E-state index in [0.717, 1.165) is 5.56 Å². The van der Waals surface area contributed by atoms with E-state index < -0.39 is 0 Å². The van der Waals surface area contributed by atoms with E-state index in [2.05, 4.69) is 6.07 Å². The number of hydrogen-bond acceptors (Lipinski definition) is 3. The van der Waals surface area contributed by atoms with Crippen LogP contribution in [0.15, 0.2) is 18.2 Å². The van der Waals surface area contributed by atoms with Gasteiger partial charge in [-0.25, -0.2) is 0 Å². The lowest BCUT2D eigenvalue weighted by Crippen LogP contribution is -2.37. The van der Waals surface area contributed by atoms with E-state index in [0.29, 0.717) is 24.2 Å². The highest BCUT2D eigenvalue weighted by Gasteiger charge is 2.18. The summed E-state index contributed by atoms with van der Waals surface area (Å²) in [5.41, 5.74) is 7.93. The fourth-order valence-corrected chi connectivity index (χ4v) is 1.74. The molecule has 0 aliphatic rings. The third-order valence-corrected chi connectivity index (χ3v) is 2.87. The largest absolute Gasteiger partial charge is 0.399 e. The molecular formula is C14H19N3O. The molecule has 0 aromatic heterocycles. The molecule has 0 radical (unpaired) electrons. The summed E-state index contributed by atoms with van der Waals surface area (Å²) in [7, 11) is 0. The second kappa shape index (κ2) is 6.06. The molecule has 0 unspecified atom stereocenters. The predicted octanol–water partition coefficient (Wildman–Crippen LogP) is 2.34. The molecule has 96 valence electrons. The summed E-state index contributed by atoms with van der Waals surface area (Å²) in [5, 5.41) is 8.63. The molecule has 0 saturated heterocycles. The van der Waals surface area contributed by atoms with Crippen LogP contribution in [0.1, 0.15) is 36.2 Å². The van der Waals surface area contributed by atoms with Crippen molar-refractivity contribution in [3.63, 3.8) is 0 Å². The van der Waals surface area contributed by atoms with Gasteiger partial charge in [0.25, 0.3) is 5.91 Å². The Bertz CT molecular complexity index is 474. The number of nitrogens with zero attached hydrogens (tertiary/aromatic N) is 2. The van der Waals surface area contributed by atoms with Gasteiger partial charge in [-0.3, -0.25) is 4.79 Å². The number of rotatable bonds is 4. The molecule has 4 heteroatoms. The van der Waals surface area contributed by atoms with E-state index in [1.165, 1.54) is 0 Å². The first-order valence-electron chi connectivity index (χ1n) is 6.01. The topological polar surface area (TPSA) is 70.1 Å². The molecule has 0 aliphatic heterocycles. The van der Waals surface area contributed by atoms with Crippen LogP contribution in [-0.4, -0.2) is 23.4 Å². The number of aryl methyl sites for hydroxylation is 1. The lowest BCUT2D eigenvalue weighted by Gasteiger charge is -2.26. The molecule has 1 aromatic carbocycles. The van der Waals surface area contributed by atoms with Crippen LogP contribution in [0.2, 0.25) is 0 Å².